The van der Waals surface area contributed by atoms with Crippen LogP contribution in [0.2, 0.25) is 0 Å². The maximum atomic E-state index is 13.0. The molecule has 3 heterocycles. The van der Waals surface area contributed by atoms with E-state index in [1.807, 2.05) is 4.90 Å². The van der Waals surface area contributed by atoms with Gasteiger partial charge in [0.15, 0.2) is 5.89 Å². The smallest absolute Gasteiger partial charge is 0.242 e. The predicted molar refractivity (Wildman–Crippen MR) is 100 cm³/mol. The summed E-state index contributed by atoms with van der Waals surface area (Å²) in [7, 11) is 0. The molecule has 0 spiro atoms. The number of oxazole rings is 1. The fraction of sp³-hybridized carbons (Fsp3) is 0.476. The SMILES string of the molecule is O=C1CCCN1CC(=O)N1CCC[C@H](c2ncc(Cc3ccc(F)cc3)o2)C1. The van der Waals surface area contributed by atoms with Crippen LogP contribution in [0.3, 0.4) is 0 Å². The number of nitrogens with zero attached hydrogens (tertiary/aromatic N) is 3. The van der Waals surface area contributed by atoms with Gasteiger partial charge >= 0.3 is 0 Å². The van der Waals surface area contributed by atoms with Crippen LogP contribution in [0.4, 0.5) is 4.39 Å². The Balaban J connectivity index is 1.36. The molecule has 6 nitrogen and oxygen atoms in total. The van der Waals surface area contributed by atoms with Gasteiger partial charge in [0, 0.05) is 32.5 Å². The van der Waals surface area contributed by atoms with Gasteiger partial charge in [0.2, 0.25) is 11.8 Å². The molecule has 0 aliphatic carbocycles. The van der Waals surface area contributed by atoms with E-state index in [0.717, 1.165) is 30.6 Å². The molecule has 4 rings (SSSR count). The van der Waals surface area contributed by atoms with Gasteiger partial charge in [-0.15, -0.1) is 0 Å². The van der Waals surface area contributed by atoms with Gasteiger partial charge in [-0.25, -0.2) is 9.37 Å². The highest BCUT2D eigenvalue weighted by atomic mass is 19.1. The first-order chi connectivity index (χ1) is 13.6. The summed E-state index contributed by atoms with van der Waals surface area (Å²) in [6, 6.07) is 6.33. The monoisotopic (exact) mass is 385 g/mol. The minimum absolute atomic E-state index is 0.00181. The van der Waals surface area contributed by atoms with E-state index in [1.165, 1.54) is 12.1 Å². The van der Waals surface area contributed by atoms with Crippen molar-refractivity contribution in [3.05, 3.63) is 53.5 Å². The van der Waals surface area contributed by atoms with Crippen molar-refractivity contribution in [1.82, 2.24) is 14.8 Å². The Morgan fingerprint density at radius 1 is 1.21 bits per heavy atom. The molecular weight excluding hydrogens is 361 g/mol. The second-order valence-electron chi connectivity index (χ2n) is 7.57. The molecule has 0 bridgehead atoms. The second kappa shape index (κ2) is 8.12. The van der Waals surface area contributed by atoms with Gasteiger partial charge in [0.1, 0.15) is 11.6 Å². The molecule has 1 atom stereocenters. The topological polar surface area (TPSA) is 66.7 Å². The number of carbonyl (C=O) groups is 2. The zero-order valence-electron chi connectivity index (χ0n) is 15.8. The summed E-state index contributed by atoms with van der Waals surface area (Å²) in [5.74, 6) is 1.25. The Bertz CT molecular complexity index is 849. The first-order valence-corrected chi connectivity index (χ1v) is 9.83. The molecule has 2 aromatic rings. The third-order valence-corrected chi connectivity index (χ3v) is 5.48. The first kappa shape index (κ1) is 18.7. The average Bonchev–Trinajstić information content (AvgIpc) is 3.33. The van der Waals surface area contributed by atoms with Crippen molar-refractivity contribution >= 4 is 11.8 Å². The highest BCUT2D eigenvalue weighted by molar-refractivity contribution is 5.86. The quantitative estimate of drug-likeness (QED) is 0.794. The summed E-state index contributed by atoms with van der Waals surface area (Å²) >= 11 is 0. The predicted octanol–water partition coefficient (Wildman–Crippen LogP) is 2.73. The van der Waals surface area contributed by atoms with Crippen molar-refractivity contribution in [2.75, 3.05) is 26.2 Å². The number of aromatic nitrogens is 1. The third-order valence-electron chi connectivity index (χ3n) is 5.48. The number of likely N-dealkylation sites (tertiary alicyclic amines) is 2. The molecule has 2 fully saturated rings. The molecule has 7 heteroatoms. The van der Waals surface area contributed by atoms with Crippen LogP contribution in [-0.4, -0.2) is 52.8 Å². The van der Waals surface area contributed by atoms with Gasteiger partial charge in [-0.3, -0.25) is 9.59 Å². The molecular formula is C21H24FN3O3. The van der Waals surface area contributed by atoms with Crippen LogP contribution >= 0.6 is 0 Å². The maximum absolute atomic E-state index is 13.0. The molecule has 28 heavy (non-hydrogen) atoms. The van der Waals surface area contributed by atoms with Crippen LogP contribution in [0.5, 0.6) is 0 Å². The van der Waals surface area contributed by atoms with Gasteiger partial charge in [0.05, 0.1) is 18.7 Å². The fourth-order valence-electron chi connectivity index (χ4n) is 3.94. The largest absolute Gasteiger partial charge is 0.445 e. The number of hydrogen-bond acceptors (Lipinski definition) is 4. The molecule has 148 valence electrons. The summed E-state index contributed by atoms with van der Waals surface area (Å²) in [6.07, 6.45) is 5.45. The number of benzene rings is 1. The minimum atomic E-state index is -0.260. The highest BCUT2D eigenvalue weighted by Crippen LogP contribution is 2.27. The molecule has 1 aromatic carbocycles. The molecule has 2 amide bonds. The van der Waals surface area contributed by atoms with Gasteiger partial charge in [0.25, 0.3) is 0 Å². The van der Waals surface area contributed by atoms with Crippen LogP contribution < -0.4 is 0 Å². The van der Waals surface area contributed by atoms with Gasteiger partial charge in [-0.05, 0) is 37.0 Å². The highest BCUT2D eigenvalue weighted by Gasteiger charge is 2.30. The molecule has 0 radical (unpaired) electrons. The van der Waals surface area contributed by atoms with Gasteiger partial charge in [-0.1, -0.05) is 12.1 Å². The van der Waals surface area contributed by atoms with Crippen molar-refractivity contribution < 1.29 is 18.4 Å². The Hall–Kier alpha value is -2.70. The summed E-state index contributed by atoms with van der Waals surface area (Å²) < 4.78 is 19.0. The molecule has 2 saturated heterocycles. The number of piperidine rings is 1. The van der Waals surface area contributed by atoms with Crippen molar-refractivity contribution in [2.24, 2.45) is 0 Å². The van der Waals surface area contributed by atoms with Crippen LogP contribution in [0.25, 0.3) is 0 Å². The normalized spacial score (nSPS) is 20.0. The molecule has 1 aromatic heterocycles. The van der Waals surface area contributed by atoms with E-state index in [1.54, 1.807) is 23.2 Å². The van der Waals surface area contributed by atoms with Gasteiger partial charge in [-0.2, -0.15) is 0 Å². The zero-order chi connectivity index (χ0) is 19.5. The van der Waals surface area contributed by atoms with E-state index in [0.29, 0.717) is 38.4 Å². The van der Waals surface area contributed by atoms with E-state index >= 15 is 0 Å². The summed E-state index contributed by atoms with van der Waals surface area (Å²) in [6.45, 7) is 2.12. The molecule has 0 unspecified atom stereocenters. The van der Waals surface area contributed by atoms with Crippen LogP contribution in [0.1, 0.15) is 48.8 Å². The second-order valence-corrected chi connectivity index (χ2v) is 7.57. The number of halogens is 1. The Morgan fingerprint density at radius 2 is 2.04 bits per heavy atom. The van der Waals surface area contributed by atoms with E-state index < -0.39 is 0 Å². The lowest BCUT2D eigenvalue weighted by Crippen LogP contribution is -2.45. The number of rotatable bonds is 5. The zero-order valence-corrected chi connectivity index (χ0v) is 15.8. The summed E-state index contributed by atoms with van der Waals surface area (Å²) in [5.41, 5.74) is 0.958. The van der Waals surface area contributed by atoms with Crippen molar-refractivity contribution in [1.29, 1.82) is 0 Å². The van der Waals surface area contributed by atoms with E-state index in [2.05, 4.69) is 4.98 Å². The lowest BCUT2D eigenvalue weighted by atomic mass is 9.98. The van der Waals surface area contributed by atoms with Crippen LogP contribution in [0, 0.1) is 5.82 Å². The maximum Gasteiger partial charge on any atom is 0.242 e. The minimum Gasteiger partial charge on any atom is -0.445 e. The van der Waals surface area contributed by atoms with Crippen LogP contribution in [-0.2, 0) is 16.0 Å². The van der Waals surface area contributed by atoms with Crippen LogP contribution in [0.15, 0.2) is 34.9 Å². The van der Waals surface area contributed by atoms with E-state index in [-0.39, 0.29) is 30.1 Å². The standard InChI is InChI=1S/C21H24FN3O3/c22-17-7-5-15(6-8-17)11-18-12-23-21(28-18)16-3-1-9-24(13-16)20(27)14-25-10-2-4-19(25)26/h5-8,12,16H,1-4,9-11,13-14H2/t16-/m0/s1. The van der Waals surface area contributed by atoms with Gasteiger partial charge < -0.3 is 14.2 Å². The summed E-state index contributed by atoms with van der Waals surface area (Å²) in [4.78, 5) is 32.3. The average molecular weight is 385 g/mol. The van der Waals surface area contributed by atoms with E-state index in [9.17, 15) is 14.0 Å². The van der Waals surface area contributed by atoms with Crippen molar-refractivity contribution in [3.63, 3.8) is 0 Å². The first-order valence-electron chi connectivity index (χ1n) is 9.83. The third kappa shape index (κ3) is 4.24. The molecule has 0 saturated carbocycles. The molecule has 2 aliphatic rings. The lowest BCUT2D eigenvalue weighted by Gasteiger charge is -2.32. The fourth-order valence-corrected chi connectivity index (χ4v) is 3.94. The lowest BCUT2D eigenvalue weighted by molar-refractivity contribution is -0.139. The number of carbonyl (C=O) groups excluding carboxylic acids is 2. The molecule has 2 aliphatic heterocycles. The van der Waals surface area contributed by atoms with Crippen molar-refractivity contribution in [3.8, 4) is 0 Å². The number of amides is 2. The Morgan fingerprint density at radius 3 is 2.79 bits per heavy atom. The van der Waals surface area contributed by atoms with Crippen molar-refractivity contribution in [2.45, 2.75) is 38.0 Å². The van der Waals surface area contributed by atoms with E-state index in [4.69, 9.17) is 4.42 Å². The Kier molecular flexibility index (Phi) is 5.41. The molecule has 0 N–H and O–H groups in total. The summed E-state index contributed by atoms with van der Waals surface area (Å²) in [5, 5.41) is 0. The Labute approximate surface area is 163 Å². The number of hydrogen-bond donors (Lipinski definition) is 0.